The molecule has 0 saturated carbocycles. The molecule has 0 radical (unpaired) electrons. The van der Waals surface area contributed by atoms with Gasteiger partial charge < -0.3 is 14.2 Å². The smallest absolute Gasteiger partial charge is 0.135 e. The number of fused-ring (bicyclic) bond motifs is 12. The van der Waals surface area contributed by atoms with Crippen LogP contribution in [0.4, 0.5) is 34.1 Å². The average molecular weight is 893 g/mol. The van der Waals surface area contributed by atoms with Crippen LogP contribution in [-0.4, -0.2) is 0 Å². The second kappa shape index (κ2) is 16.0. The Morgan fingerprint density at radius 3 is 1.66 bits per heavy atom. The summed E-state index contributed by atoms with van der Waals surface area (Å²) in [6.07, 6.45) is 0. The summed E-state index contributed by atoms with van der Waals surface area (Å²) in [5, 5.41) is 2.23. The molecule has 0 fully saturated rings. The maximum atomic E-state index is 6.30. The molecule has 0 unspecified atom stereocenters. The van der Waals surface area contributed by atoms with Crippen LogP contribution in [-0.2, 0) is 5.41 Å². The largest absolute Gasteiger partial charge is 0.456 e. The highest BCUT2D eigenvalue weighted by molar-refractivity contribution is 6.07. The predicted octanol–water partition coefficient (Wildman–Crippen LogP) is 18.2. The Morgan fingerprint density at radius 1 is 0.329 bits per heavy atom. The highest BCUT2D eigenvalue weighted by Gasteiger charge is 2.52. The van der Waals surface area contributed by atoms with Gasteiger partial charge in [-0.25, -0.2) is 0 Å². The summed E-state index contributed by atoms with van der Waals surface area (Å²) in [6.45, 7) is 0. The Hall–Kier alpha value is -9.18. The number of rotatable bonds is 7. The Labute approximate surface area is 407 Å². The van der Waals surface area contributed by atoms with Crippen LogP contribution >= 0.6 is 0 Å². The molecule has 3 nitrogen and oxygen atoms in total. The van der Waals surface area contributed by atoms with E-state index in [2.05, 4.69) is 265 Å². The highest BCUT2D eigenvalue weighted by Crippen LogP contribution is 2.65. The van der Waals surface area contributed by atoms with E-state index in [1.807, 2.05) is 12.1 Å². The predicted molar refractivity (Wildman–Crippen MR) is 290 cm³/mol. The lowest BCUT2D eigenvalue weighted by atomic mass is 9.64. The summed E-state index contributed by atoms with van der Waals surface area (Å²) >= 11 is 0. The third kappa shape index (κ3) is 5.95. The van der Waals surface area contributed by atoms with Crippen LogP contribution in [0.25, 0.3) is 66.4 Å². The van der Waals surface area contributed by atoms with Gasteiger partial charge in [-0.1, -0.05) is 200 Å². The quantitative estimate of drug-likeness (QED) is 0.159. The number of hydrogen-bond donors (Lipinski definition) is 0. The van der Waals surface area contributed by atoms with Crippen molar-refractivity contribution in [1.82, 2.24) is 0 Å². The second-order valence-electron chi connectivity index (χ2n) is 18.3. The van der Waals surface area contributed by atoms with Crippen molar-refractivity contribution in [1.29, 1.82) is 0 Å². The van der Waals surface area contributed by atoms with Crippen molar-refractivity contribution in [2.75, 3.05) is 9.80 Å². The molecule has 0 N–H and O–H groups in total. The SMILES string of the molecule is c1ccc(-c2ccccc2-c2ccccc2N(c2cccc(-c3ccc4oc5ccccc5c4c3)c2)c2cccc3c2-c2ccccc2C32c3ccccc3N(c3ccccc3)c3ccccc32)cc1. The maximum absolute atomic E-state index is 6.30. The molecule has 2 aliphatic rings. The number of hydrogen-bond acceptors (Lipinski definition) is 3. The van der Waals surface area contributed by atoms with Gasteiger partial charge in [0.15, 0.2) is 0 Å². The third-order valence-electron chi connectivity index (χ3n) is 14.7. The zero-order valence-electron chi connectivity index (χ0n) is 38.2. The van der Waals surface area contributed by atoms with E-state index < -0.39 is 5.41 Å². The van der Waals surface area contributed by atoms with Crippen molar-refractivity contribution in [3.8, 4) is 44.5 Å². The van der Waals surface area contributed by atoms with E-state index in [0.717, 1.165) is 61.4 Å². The Bertz CT molecular complexity index is 3930. The standard InChI is InChI=1S/C67H44N2O/c1-3-21-45(22-4-1)50-27-7-8-28-51(50)52-29-10-15-36-60(52)69(49-26-19-23-46(43-49)47-41-42-65-55(44-47)53-30-11-18-40-64(53)70-65)63-39-20-35-59-66(63)54-31-9-12-32-56(54)67(59)57-33-13-16-37-61(57)68(48-24-5-2-6-25-48)62-38-17-14-34-58(62)67/h1-44H. The van der Waals surface area contributed by atoms with Crippen LogP contribution in [0.15, 0.2) is 271 Å². The highest BCUT2D eigenvalue weighted by atomic mass is 16.3. The zero-order chi connectivity index (χ0) is 46.2. The van der Waals surface area contributed by atoms with Gasteiger partial charge in [-0.15, -0.1) is 0 Å². The molecule has 70 heavy (non-hydrogen) atoms. The first-order valence-corrected chi connectivity index (χ1v) is 24.1. The van der Waals surface area contributed by atoms with E-state index in [9.17, 15) is 0 Å². The van der Waals surface area contributed by atoms with Gasteiger partial charge in [0.25, 0.3) is 0 Å². The molecule has 0 bridgehead atoms. The van der Waals surface area contributed by atoms with Crippen LogP contribution in [0.5, 0.6) is 0 Å². The first-order chi connectivity index (χ1) is 34.8. The molecular weight excluding hydrogens is 849 g/mol. The minimum atomic E-state index is -0.615. The lowest BCUT2D eigenvalue weighted by Crippen LogP contribution is -2.36. The van der Waals surface area contributed by atoms with Crippen molar-refractivity contribution in [3.63, 3.8) is 0 Å². The van der Waals surface area contributed by atoms with E-state index in [4.69, 9.17) is 4.42 Å². The van der Waals surface area contributed by atoms with Crippen LogP contribution < -0.4 is 9.80 Å². The first kappa shape index (κ1) is 39.9. The van der Waals surface area contributed by atoms with Gasteiger partial charge in [0.2, 0.25) is 0 Å². The van der Waals surface area contributed by atoms with Gasteiger partial charge in [-0.3, -0.25) is 0 Å². The summed E-state index contributed by atoms with van der Waals surface area (Å²) in [5.74, 6) is 0. The lowest BCUT2D eigenvalue weighted by Gasteiger charge is -2.45. The fraction of sp³-hybridized carbons (Fsp3) is 0.0149. The van der Waals surface area contributed by atoms with E-state index in [1.54, 1.807) is 0 Å². The fourth-order valence-corrected chi connectivity index (χ4v) is 11.8. The molecule has 0 atom stereocenters. The number of furan rings is 1. The Kier molecular flexibility index (Phi) is 9.11. The minimum absolute atomic E-state index is 0.615. The van der Waals surface area contributed by atoms with E-state index in [0.29, 0.717) is 0 Å². The van der Waals surface area contributed by atoms with E-state index in [-0.39, 0.29) is 0 Å². The van der Waals surface area contributed by atoms with Gasteiger partial charge in [0.1, 0.15) is 11.2 Å². The summed E-state index contributed by atoms with van der Waals surface area (Å²) in [6, 6.07) is 97.6. The second-order valence-corrected chi connectivity index (χ2v) is 18.3. The Balaban J connectivity index is 1.05. The summed E-state index contributed by atoms with van der Waals surface area (Å²) in [7, 11) is 0. The van der Waals surface area contributed by atoms with E-state index in [1.165, 1.54) is 61.4 Å². The normalized spacial score (nSPS) is 12.9. The average Bonchev–Trinajstić information content (AvgIpc) is 3.96. The van der Waals surface area contributed by atoms with Gasteiger partial charge in [-0.2, -0.15) is 0 Å². The van der Waals surface area contributed by atoms with E-state index >= 15 is 0 Å². The first-order valence-electron chi connectivity index (χ1n) is 24.1. The molecule has 2 heterocycles. The summed E-state index contributed by atoms with van der Waals surface area (Å²) in [4.78, 5) is 4.97. The molecule has 0 amide bonds. The number of para-hydroxylation sites is 5. The molecule has 11 aromatic carbocycles. The molecule has 14 rings (SSSR count). The number of anilines is 6. The molecule has 1 aliphatic heterocycles. The topological polar surface area (TPSA) is 19.6 Å². The van der Waals surface area contributed by atoms with Crippen molar-refractivity contribution in [2.45, 2.75) is 5.41 Å². The monoisotopic (exact) mass is 892 g/mol. The summed E-state index contributed by atoms with van der Waals surface area (Å²) in [5.41, 5.74) is 22.4. The van der Waals surface area contributed by atoms with Gasteiger partial charge in [0.05, 0.1) is 28.2 Å². The van der Waals surface area contributed by atoms with Gasteiger partial charge >= 0.3 is 0 Å². The molecule has 12 aromatic rings. The fourth-order valence-electron chi connectivity index (χ4n) is 11.8. The molecule has 1 spiro atoms. The Morgan fingerprint density at radius 2 is 0.871 bits per heavy atom. The van der Waals surface area contributed by atoms with Crippen LogP contribution in [0.3, 0.4) is 0 Å². The number of benzene rings is 11. The molecule has 0 saturated heterocycles. The molecule has 1 aromatic heterocycles. The molecular formula is C67H44N2O. The van der Waals surface area contributed by atoms with Crippen LogP contribution in [0.2, 0.25) is 0 Å². The lowest BCUT2D eigenvalue weighted by molar-refractivity contribution is 0.669. The van der Waals surface area contributed by atoms with Gasteiger partial charge in [-0.05, 0) is 122 Å². The molecule has 328 valence electrons. The van der Waals surface area contributed by atoms with Crippen molar-refractivity contribution in [3.05, 3.63) is 289 Å². The number of nitrogens with zero attached hydrogens (tertiary/aromatic N) is 2. The zero-order valence-corrected chi connectivity index (χ0v) is 38.2. The van der Waals surface area contributed by atoms with Crippen molar-refractivity contribution >= 4 is 56.1 Å². The van der Waals surface area contributed by atoms with Crippen molar-refractivity contribution in [2.24, 2.45) is 0 Å². The minimum Gasteiger partial charge on any atom is -0.456 e. The molecule has 1 aliphatic carbocycles. The van der Waals surface area contributed by atoms with Crippen LogP contribution in [0, 0.1) is 0 Å². The van der Waals surface area contributed by atoms with Gasteiger partial charge in [0, 0.05) is 33.3 Å². The van der Waals surface area contributed by atoms with Crippen molar-refractivity contribution < 1.29 is 4.42 Å². The third-order valence-corrected chi connectivity index (χ3v) is 14.7. The maximum Gasteiger partial charge on any atom is 0.135 e. The molecule has 3 heteroatoms. The van der Waals surface area contributed by atoms with Crippen LogP contribution in [0.1, 0.15) is 22.3 Å². The summed E-state index contributed by atoms with van der Waals surface area (Å²) < 4.78 is 6.30.